The van der Waals surface area contributed by atoms with E-state index in [1.54, 1.807) is 29.8 Å². The normalized spacial score (nSPS) is 11.8. The van der Waals surface area contributed by atoms with Crippen molar-refractivity contribution in [1.29, 1.82) is 0 Å². The minimum Gasteiger partial charge on any atom is -0.477 e. The molecule has 1 atom stereocenters. The summed E-state index contributed by atoms with van der Waals surface area (Å²) in [7, 11) is 1.77. The highest BCUT2D eigenvalue weighted by molar-refractivity contribution is 7.98. The van der Waals surface area contributed by atoms with E-state index in [-0.39, 0.29) is 17.8 Å². The maximum absolute atomic E-state index is 12.0. The SMILES string of the molecule is CSCCC(C)N(C)C(=O)NCc1ccc(C(=O)O)nc1. The van der Waals surface area contributed by atoms with Gasteiger partial charge in [0.25, 0.3) is 0 Å². The van der Waals surface area contributed by atoms with Gasteiger partial charge in [0.15, 0.2) is 0 Å². The van der Waals surface area contributed by atoms with Crippen LogP contribution in [0.15, 0.2) is 18.3 Å². The third-order valence-electron chi connectivity index (χ3n) is 3.21. The summed E-state index contributed by atoms with van der Waals surface area (Å²) in [5, 5.41) is 11.6. The van der Waals surface area contributed by atoms with Gasteiger partial charge >= 0.3 is 12.0 Å². The molecule has 0 aliphatic rings. The van der Waals surface area contributed by atoms with E-state index < -0.39 is 5.97 Å². The third kappa shape index (κ3) is 5.63. The number of carbonyl (C=O) groups excluding carboxylic acids is 1. The first-order valence-corrected chi connectivity index (χ1v) is 8.03. The van der Waals surface area contributed by atoms with Gasteiger partial charge in [0, 0.05) is 25.8 Å². The topological polar surface area (TPSA) is 82.5 Å². The number of nitrogens with zero attached hydrogens (tertiary/aromatic N) is 2. The molecule has 0 aliphatic heterocycles. The molecule has 1 aromatic heterocycles. The summed E-state index contributed by atoms with van der Waals surface area (Å²) < 4.78 is 0. The number of pyridine rings is 1. The van der Waals surface area contributed by atoms with Crippen LogP contribution in [0.25, 0.3) is 0 Å². The molecule has 21 heavy (non-hydrogen) atoms. The number of aromatic carboxylic acids is 1. The molecule has 116 valence electrons. The Kier molecular flexibility index (Phi) is 7.01. The highest BCUT2D eigenvalue weighted by Gasteiger charge is 2.14. The number of hydrogen-bond donors (Lipinski definition) is 2. The van der Waals surface area contributed by atoms with E-state index in [0.717, 1.165) is 17.7 Å². The molecule has 0 saturated carbocycles. The number of aromatic nitrogens is 1. The van der Waals surface area contributed by atoms with E-state index in [9.17, 15) is 9.59 Å². The van der Waals surface area contributed by atoms with Crippen molar-refractivity contribution in [2.45, 2.75) is 25.9 Å². The number of amides is 2. The summed E-state index contributed by atoms with van der Waals surface area (Å²) in [5.41, 5.74) is 0.756. The first-order valence-electron chi connectivity index (χ1n) is 6.63. The highest BCUT2D eigenvalue weighted by atomic mass is 32.2. The summed E-state index contributed by atoms with van der Waals surface area (Å²) >= 11 is 1.76. The summed E-state index contributed by atoms with van der Waals surface area (Å²) in [6.07, 6.45) is 4.45. The van der Waals surface area contributed by atoms with E-state index in [1.165, 1.54) is 12.3 Å². The fourth-order valence-corrected chi connectivity index (χ4v) is 2.22. The highest BCUT2D eigenvalue weighted by Crippen LogP contribution is 2.06. The molecular formula is C14H21N3O3S. The summed E-state index contributed by atoms with van der Waals surface area (Å²) in [6, 6.07) is 3.10. The number of urea groups is 1. The van der Waals surface area contributed by atoms with Gasteiger partial charge in [-0.3, -0.25) is 0 Å². The molecule has 1 aromatic rings. The molecular weight excluding hydrogens is 290 g/mol. The number of carboxylic acids is 1. The summed E-state index contributed by atoms with van der Waals surface area (Å²) in [5.74, 6) is -0.0488. The fraction of sp³-hybridized carbons (Fsp3) is 0.500. The standard InChI is InChI=1S/C14H21N3O3S/c1-10(6-7-21-3)17(2)14(20)16-9-11-4-5-12(13(18)19)15-8-11/h4-5,8,10H,6-7,9H2,1-3H3,(H,16,20)(H,18,19). The Morgan fingerprint density at radius 1 is 1.48 bits per heavy atom. The van der Waals surface area contributed by atoms with Crippen molar-refractivity contribution in [1.82, 2.24) is 15.2 Å². The molecule has 2 amide bonds. The van der Waals surface area contributed by atoms with Gasteiger partial charge in [-0.05, 0) is 37.0 Å². The minimum atomic E-state index is -1.06. The van der Waals surface area contributed by atoms with Crippen LogP contribution in [0.4, 0.5) is 4.79 Å². The van der Waals surface area contributed by atoms with Crippen LogP contribution in [0, 0.1) is 0 Å². The van der Waals surface area contributed by atoms with Crippen LogP contribution in [-0.4, -0.2) is 52.1 Å². The molecule has 1 heterocycles. The monoisotopic (exact) mass is 311 g/mol. The zero-order valence-corrected chi connectivity index (χ0v) is 13.3. The molecule has 0 radical (unpaired) electrons. The van der Waals surface area contributed by atoms with Gasteiger partial charge in [-0.2, -0.15) is 11.8 Å². The third-order valence-corrected chi connectivity index (χ3v) is 3.85. The smallest absolute Gasteiger partial charge is 0.354 e. The fourth-order valence-electron chi connectivity index (χ4n) is 1.64. The van der Waals surface area contributed by atoms with Gasteiger partial charge in [0.05, 0.1) is 0 Å². The average Bonchev–Trinajstić information content (AvgIpc) is 2.49. The largest absolute Gasteiger partial charge is 0.477 e. The number of hydrogen-bond acceptors (Lipinski definition) is 4. The molecule has 0 spiro atoms. The van der Waals surface area contributed by atoms with Crippen LogP contribution in [0.1, 0.15) is 29.4 Å². The van der Waals surface area contributed by atoms with Crippen LogP contribution >= 0.6 is 11.8 Å². The Morgan fingerprint density at radius 2 is 2.19 bits per heavy atom. The van der Waals surface area contributed by atoms with Gasteiger partial charge in [0.1, 0.15) is 5.69 Å². The van der Waals surface area contributed by atoms with Crippen molar-refractivity contribution in [2.75, 3.05) is 19.1 Å². The number of rotatable bonds is 7. The molecule has 6 nitrogen and oxygen atoms in total. The molecule has 1 unspecified atom stereocenters. The Balaban J connectivity index is 2.46. The first-order chi connectivity index (χ1) is 9.95. The van der Waals surface area contributed by atoms with Crippen LogP contribution < -0.4 is 5.32 Å². The second kappa shape index (κ2) is 8.51. The van der Waals surface area contributed by atoms with Crippen molar-refractivity contribution >= 4 is 23.8 Å². The maximum Gasteiger partial charge on any atom is 0.354 e. The van der Waals surface area contributed by atoms with E-state index in [1.807, 2.05) is 13.2 Å². The summed E-state index contributed by atoms with van der Waals surface area (Å²) in [6.45, 7) is 2.34. The Morgan fingerprint density at radius 3 is 2.71 bits per heavy atom. The summed E-state index contributed by atoms with van der Waals surface area (Å²) in [4.78, 5) is 28.2. The zero-order chi connectivity index (χ0) is 15.8. The quantitative estimate of drug-likeness (QED) is 0.805. The molecule has 0 saturated heterocycles. The first kappa shape index (κ1) is 17.3. The van der Waals surface area contributed by atoms with Crippen molar-refractivity contribution in [2.24, 2.45) is 0 Å². The Hall–Kier alpha value is -1.76. The van der Waals surface area contributed by atoms with Crippen molar-refractivity contribution in [3.05, 3.63) is 29.6 Å². The molecule has 1 rings (SSSR count). The lowest BCUT2D eigenvalue weighted by Crippen LogP contribution is -2.42. The van der Waals surface area contributed by atoms with Crippen molar-refractivity contribution in [3.8, 4) is 0 Å². The average molecular weight is 311 g/mol. The second-order valence-corrected chi connectivity index (χ2v) is 5.74. The van der Waals surface area contributed by atoms with E-state index in [2.05, 4.69) is 10.3 Å². The van der Waals surface area contributed by atoms with E-state index in [4.69, 9.17) is 5.11 Å². The lowest BCUT2D eigenvalue weighted by atomic mass is 10.2. The lowest BCUT2D eigenvalue weighted by molar-refractivity contribution is 0.0690. The molecule has 0 aromatic carbocycles. The van der Waals surface area contributed by atoms with Crippen LogP contribution in [0.3, 0.4) is 0 Å². The van der Waals surface area contributed by atoms with Crippen molar-refractivity contribution in [3.63, 3.8) is 0 Å². The Labute approximate surface area is 128 Å². The predicted octanol–water partition coefficient (Wildman–Crippen LogP) is 2.06. The second-order valence-electron chi connectivity index (χ2n) is 4.76. The van der Waals surface area contributed by atoms with Crippen LogP contribution in [0.5, 0.6) is 0 Å². The molecule has 0 fully saturated rings. The molecule has 7 heteroatoms. The minimum absolute atomic E-state index is 0.00659. The van der Waals surface area contributed by atoms with Gasteiger partial charge < -0.3 is 15.3 Å². The number of carboxylic acid groups (broad SMARTS) is 1. The molecule has 0 aliphatic carbocycles. The molecule has 0 bridgehead atoms. The zero-order valence-electron chi connectivity index (χ0n) is 12.5. The maximum atomic E-state index is 12.0. The van der Waals surface area contributed by atoms with Gasteiger partial charge in [0.2, 0.25) is 0 Å². The predicted molar refractivity (Wildman–Crippen MR) is 83.7 cm³/mol. The van der Waals surface area contributed by atoms with E-state index >= 15 is 0 Å². The van der Waals surface area contributed by atoms with Crippen LogP contribution in [0.2, 0.25) is 0 Å². The van der Waals surface area contributed by atoms with Gasteiger partial charge in [-0.1, -0.05) is 6.07 Å². The number of thioether (sulfide) groups is 1. The number of carbonyl (C=O) groups is 2. The Bertz CT molecular complexity index is 479. The van der Waals surface area contributed by atoms with Crippen molar-refractivity contribution < 1.29 is 14.7 Å². The lowest BCUT2D eigenvalue weighted by Gasteiger charge is -2.25. The van der Waals surface area contributed by atoms with Crippen LogP contribution in [-0.2, 0) is 6.54 Å². The molecule has 2 N–H and O–H groups in total. The van der Waals surface area contributed by atoms with Gasteiger partial charge in [-0.15, -0.1) is 0 Å². The van der Waals surface area contributed by atoms with E-state index in [0.29, 0.717) is 6.54 Å². The number of nitrogens with one attached hydrogen (secondary N) is 1. The van der Waals surface area contributed by atoms with Gasteiger partial charge in [-0.25, -0.2) is 14.6 Å².